The van der Waals surface area contributed by atoms with Crippen LogP contribution in [0.5, 0.6) is 5.75 Å². The molecule has 0 atom stereocenters. The van der Waals surface area contributed by atoms with Gasteiger partial charge in [0.2, 0.25) is 0 Å². The van der Waals surface area contributed by atoms with Gasteiger partial charge in [-0.1, -0.05) is 0 Å². The van der Waals surface area contributed by atoms with Crippen molar-refractivity contribution in [2.24, 2.45) is 7.05 Å². The van der Waals surface area contributed by atoms with E-state index in [1.165, 1.54) is 23.9 Å². The Morgan fingerprint density at radius 2 is 2.10 bits per heavy atom. The van der Waals surface area contributed by atoms with Crippen LogP contribution in [0.25, 0.3) is 16.8 Å². The van der Waals surface area contributed by atoms with Gasteiger partial charge in [0, 0.05) is 18.8 Å². The first kappa shape index (κ1) is 12.2. The summed E-state index contributed by atoms with van der Waals surface area (Å²) in [6.07, 6.45) is 4.79. The van der Waals surface area contributed by atoms with Gasteiger partial charge in [-0.25, -0.2) is 9.31 Å². The number of nitrogens with zero attached hydrogens (tertiary/aromatic N) is 4. The molecule has 0 aliphatic carbocycles. The molecule has 102 valence electrons. The number of aryl methyl sites for hydroxylation is 1. The third-order valence-corrected chi connectivity index (χ3v) is 3.04. The van der Waals surface area contributed by atoms with E-state index >= 15 is 0 Å². The first-order valence-corrected chi connectivity index (χ1v) is 5.89. The number of aromatic nitrogens is 4. The molecule has 0 aliphatic heterocycles. The summed E-state index contributed by atoms with van der Waals surface area (Å²) in [6, 6.07) is 3.14. The van der Waals surface area contributed by atoms with Gasteiger partial charge in [0.05, 0.1) is 25.0 Å². The number of pyridine rings is 1. The fourth-order valence-corrected chi connectivity index (χ4v) is 2.12. The van der Waals surface area contributed by atoms with E-state index in [2.05, 4.69) is 10.2 Å². The number of methoxy groups -OCH3 is 1. The fourth-order valence-electron chi connectivity index (χ4n) is 2.12. The number of hydrogen-bond donors (Lipinski definition) is 1. The number of esters is 1. The summed E-state index contributed by atoms with van der Waals surface area (Å²) >= 11 is 0. The standard InChI is InChI=1S/C13H12N4O3/c1-16-7-8(5-14-16)12-11(18)4-3-10-9(13(19)20-2)6-15-17(10)12/h3-7,18H,1-2H3. The predicted octanol–water partition coefficient (Wildman–Crippen LogP) is 1.23. The lowest BCUT2D eigenvalue weighted by Crippen LogP contribution is -2.01. The van der Waals surface area contributed by atoms with Crippen LogP contribution in [0.3, 0.4) is 0 Å². The lowest BCUT2D eigenvalue weighted by Gasteiger charge is -2.05. The van der Waals surface area contributed by atoms with Crippen molar-refractivity contribution in [2.45, 2.75) is 0 Å². The first-order valence-electron chi connectivity index (χ1n) is 5.89. The van der Waals surface area contributed by atoms with Gasteiger partial charge in [0.1, 0.15) is 17.0 Å². The zero-order chi connectivity index (χ0) is 14.3. The normalized spacial score (nSPS) is 10.9. The molecule has 0 saturated carbocycles. The summed E-state index contributed by atoms with van der Waals surface area (Å²) in [6.45, 7) is 0. The summed E-state index contributed by atoms with van der Waals surface area (Å²) in [5, 5.41) is 18.3. The molecule has 0 bridgehead atoms. The number of aromatic hydroxyl groups is 1. The third kappa shape index (κ3) is 1.71. The zero-order valence-corrected chi connectivity index (χ0v) is 10.9. The summed E-state index contributed by atoms with van der Waals surface area (Å²) in [5.74, 6) is -0.409. The molecule has 0 amide bonds. The van der Waals surface area contributed by atoms with E-state index in [1.54, 1.807) is 30.2 Å². The van der Waals surface area contributed by atoms with Crippen LogP contribution in [0, 0.1) is 0 Å². The molecule has 0 aromatic carbocycles. The van der Waals surface area contributed by atoms with Crippen molar-refractivity contribution >= 4 is 11.5 Å². The van der Waals surface area contributed by atoms with E-state index in [-0.39, 0.29) is 5.75 Å². The van der Waals surface area contributed by atoms with Crippen LogP contribution in [-0.2, 0) is 11.8 Å². The minimum Gasteiger partial charge on any atom is -0.506 e. The summed E-state index contributed by atoms with van der Waals surface area (Å²) < 4.78 is 7.83. The van der Waals surface area contributed by atoms with Crippen molar-refractivity contribution in [2.75, 3.05) is 7.11 Å². The molecule has 7 heteroatoms. The highest BCUT2D eigenvalue weighted by Crippen LogP contribution is 2.30. The molecule has 3 aromatic rings. The minimum absolute atomic E-state index is 0.0602. The Labute approximate surface area is 114 Å². The van der Waals surface area contributed by atoms with Crippen molar-refractivity contribution in [3.05, 3.63) is 36.3 Å². The topological polar surface area (TPSA) is 81.6 Å². The van der Waals surface area contributed by atoms with Crippen molar-refractivity contribution in [1.29, 1.82) is 0 Å². The molecule has 20 heavy (non-hydrogen) atoms. The maximum atomic E-state index is 11.7. The second kappa shape index (κ2) is 4.37. The fraction of sp³-hybridized carbons (Fsp3) is 0.154. The Kier molecular flexibility index (Phi) is 2.67. The zero-order valence-electron chi connectivity index (χ0n) is 10.9. The van der Waals surface area contributed by atoms with Gasteiger partial charge in [0.15, 0.2) is 0 Å². The Balaban J connectivity index is 2.29. The largest absolute Gasteiger partial charge is 0.506 e. The minimum atomic E-state index is -0.470. The summed E-state index contributed by atoms with van der Waals surface area (Å²) in [4.78, 5) is 11.7. The quantitative estimate of drug-likeness (QED) is 0.709. The lowest BCUT2D eigenvalue weighted by molar-refractivity contribution is 0.0603. The average molecular weight is 272 g/mol. The molecule has 1 N–H and O–H groups in total. The van der Waals surface area contributed by atoms with Gasteiger partial charge < -0.3 is 9.84 Å². The molecule has 0 saturated heterocycles. The number of carbonyl (C=O) groups is 1. The molecule has 0 aliphatic rings. The summed E-state index contributed by atoms with van der Waals surface area (Å²) in [5.41, 5.74) is 2.09. The molecule has 3 rings (SSSR count). The number of carbonyl (C=O) groups excluding carboxylic acids is 1. The van der Waals surface area contributed by atoms with Gasteiger partial charge >= 0.3 is 5.97 Å². The molecule has 0 spiro atoms. The third-order valence-electron chi connectivity index (χ3n) is 3.04. The Morgan fingerprint density at radius 3 is 2.75 bits per heavy atom. The maximum absolute atomic E-state index is 11.7. The average Bonchev–Trinajstić information content (AvgIpc) is 3.04. The van der Waals surface area contributed by atoms with Crippen LogP contribution in [-0.4, -0.2) is 37.6 Å². The van der Waals surface area contributed by atoms with Gasteiger partial charge in [0.25, 0.3) is 0 Å². The van der Waals surface area contributed by atoms with Crippen LogP contribution in [0.15, 0.2) is 30.7 Å². The van der Waals surface area contributed by atoms with Crippen molar-refractivity contribution in [3.63, 3.8) is 0 Å². The highest BCUT2D eigenvalue weighted by molar-refractivity contribution is 5.97. The van der Waals surface area contributed by atoms with Crippen LogP contribution in [0.4, 0.5) is 0 Å². The number of ether oxygens (including phenoxy) is 1. The number of rotatable bonds is 2. The first-order chi connectivity index (χ1) is 9.61. The van der Waals surface area contributed by atoms with Gasteiger partial charge in [-0.05, 0) is 12.1 Å². The Morgan fingerprint density at radius 1 is 1.30 bits per heavy atom. The van der Waals surface area contributed by atoms with E-state index in [1.807, 2.05) is 0 Å². The van der Waals surface area contributed by atoms with Crippen LogP contribution < -0.4 is 0 Å². The highest BCUT2D eigenvalue weighted by Gasteiger charge is 2.18. The highest BCUT2D eigenvalue weighted by atomic mass is 16.5. The Bertz CT molecular complexity index is 803. The van der Waals surface area contributed by atoms with E-state index in [9.17, 15) is 9.90 Å². The molecule has 0 fully saturated rings. The van der Waals surface area contributed by atoms with E-state index in [0.717, 1.165) is 0 Å². The van der Waals surface area contributed by atoms with Crippen molar-refractivity contribution < 1.29 is 14.6 Å². The molecular weight excluding hydrogens is 260 g/mol. The maximum Gasteiger partial charge on any atom is 0.341 e. The molecule has 0 unspecified atom stereocenters. The Hall–Kier alpha value is -2.83. The van der Waals surface area contributed by atoms with E-state index in [0.29, 0.717) is 22.3 Å². The van der Waals surface area contributed by atoms with Gasteiger partial charge in [-0.3, -0.25) is 4.68 Å². The molecule has 3 heterocycles. The van der Waals surface area contributed by atoms with Gasteiger partial charge in [-0.15, -0.1) is 0 Å². The van der Waals surface area contributed by atoms with Crippen LogP contribution in [0.1, 0.15) is 10.4 Å². The number of fused-ring (bicyclic) bond motifs is 1. The molecule has 3 aromatic heterocycles. The second-order valence-electron chi connectivity index (χ2n) is 4.32. The van der Waals surface area contributed by atoms with E-state index in [4.69, 9.17) is 4.74 Å². The summed E-state index contributed by atoms with van der Waals surface area (Å²) in [7, 11) is 3.10. The SMILES string of the molecule is COC(=O)c1cnn2c(-c3cnn(C)c3)c(O)ccc12. The monoisotopic (exact) mass is 272 g/mol. The molecule has 7 nitrogen and oxygen atoms in total. The van der Waals surface area contributed by atoms with Gasteiger partial charge in [-0.2, -0.15) is 10.2 Å². The smallest absolute Gasteiger partial charge is 0.341 e. The molecular formula is C13H12N4O3. The second-order valence-corrected chi connectivity index (χ2v) is 4.32. The molecule has 0 radical (unpaired) electrons. The predicted molar refractivity (Wildman–Crippen MR) is 70.4 cm³/mol. The van der Waals surface area contributed by atoms with Crippen molar-refractivity contribution in [1.82, 2.24) is 19.4 Å². The van der Waals surface area contributed by atoms with Crippen LogP contribution in [0.2, 0.25) is 0 Å². The number of hydrogen-bond acceptors (Lipinski definition) is 5. The van der Waals surface area contributed by atoms with Crippen molar-refractivity contribution in [3.8, 4) is 17.0 Å². The lowest BCUT2D eigenvalue weighted by atomic mass is 10.2. The van der Waals surface area contributed by atoms with Crippen LogP contribution >= 0.6 is 0 Å². The van der Waals surface area contributed by atoms with E-state index < -0.39 is 5.97 Å².